The molecule has 28 heavy (non-hydrogen) atoms. The number of rotatable bonds is 4. The van der Waals surface area contributed by atoms with Crippen LogP contribution >= 0.6 is 0 Å². The van der Waals surface area contributed by atoms with Gasteiger partial charge in [-0.05, 0) is 60.7 Å². The molecule has 2 heterocycles. The quantitative estimate of drug-likeness (QED) is 0.839. The summed E-state index contributed by atoms with van der Waals surface area (Å²) in [5.41, 5.74) is 1.99. The average molecular weight is 382 g/mol. The summed E-state index contributed by atoms with van der Waals surface area (Å²) in [6.07, 6.45) is 2.89. The number of phenols is 1. The van der Waals surface area contributed by atoms with Crippen molar-refractivity contribution in [3.63, 3.8) is 0 Å². The third-order valence-corrected chi connectivity index (χ3v) is 5.44. The summed E-state index contributed by atoms with van der Waals surface area (Å²) in [5, 5.41) is 12.4. The summed E-state index contributed by atoms with van der Waals surface area (Å²) in [6, 6.07) is 14.8. The number of likely N-dealkylation sites (tertiary alicyclic amines) is 1. The van der Waals surface area contributed by atoms with Crippen LogP contribution in [0.25, 0.3) is 0 Å². The molecule has 1 unspecified atom stereocenters. The highest BCUT2D eigenvalue weighted by atomic mass is 16.5. The topological polar surface area (TPSA) is 71.0 Å². The minimum atomic E-state index is -0.0676. The van der Waals surface area contributed by atoms with Crippen molar-refractivity contribution in [1.29, 1.82) is 0 Å². The van der Waals surface area contributed by atoms with Gasteiger partial charge in [-0.2, -0.15) is 0 Å². The zero-order valence-corrected chi connectivity index (χ0v) is 15.8. The molecule has 1 atom stereocenters. The molecule has 2 aliphatic rings. The van der Waals surface area contributed by atoms with Crippen LogP contribution in [0, 0.1) is 0 Å². The van der Waals surface area contributed by atoms with Crippen molar-refractivity contribution in [2.45, 2.75) is 31.3 Å². The van der Waals surface area contributed by atoms with Crippen LogP contribution in [0.4, 0.5) is 10.5 Å². The second-order valence-electron chi connectivity index (χ2n) is 7.41. The normalized spacial score (nSPS) is 20.1. The number of ether oxygens (including phenoxy) is 2. The number of carbonyl (C=O) groups excluding carboxylic acids is 1. The lowest BCUT2D eigenvalue weighted by molar-refractivity contribution is 0.141. The third kappa shape index (κ3) is 4.57. The molecule has 2 aromatic carbocycles. The Kier molecular flexibility index (Phi) is 5.67. The summed E-state index contributed by atoms with van der Waals surface area (Å²) in [7, 11) is 0. The Balaban J connectivity index is 1.26. The van der Waals surface area contributed by atoms with E-state index in [-0.39, 0.29) is 17.9 Å². The number of phenolic OH excluding ortho intramolecular Hbond substituents is 1. The first kappa shape index (κ1) is 18.6. The van der Waals surface area contributed by atoms with Gasteiger partial charge in [0.15, 0.2) is 0 Å². The van der Waals surface area contributed by atoms with Gasteiger partial charge < -0.3 is 24.8 Å². The largest absolute Gasteiger partial charge is 0.508 e. The van der Waals surface area contributed by atoms with Crippen LogP contribution < -0.4 is 10.1 Å². The third-order valence-electron chi connectivity index (χ3n) is 5.44. The summed E-state index contributed by atoms with van der Waals surface area (Å²) in [4.78, 5) is 14.4. The van der Waals surface area contributed by atoms with Gasteiger partial charge in [-0.1, -0.05) is 12.1 Å². The number of benzene rings is 2. The van der Waals surface area contributed by atoms with Crippen LogP contribution in [-0.2, 0) is 4.74 Å². The lowest BCUT2D eigenvalue weighted by Crippen LogP contribution is -2.40. The van der Waals surface area contributed by atoms with Crippen LogP contribution in [0.3, 0.4) is 0 Å². The summed E-state index contributed by atoms with van der Waals surface area (Å²) >= 11 is 0. The van der Waals surface area contributed by atoms with Crippen molar-refractivity contribution >= 4 is 11.7 Å². The van der Waals surface area contributed by atoms with E-state index in [9.17, 15) is 9.90 Å². The maximum absolute atomic E-state index is 12.6. The predicted molar refractivity (Wildman–Crippen MR) is 107 cm³/mol. The van der Waals surface area contributed by atoms with E-state index in [2.05, 4.69) is 5.32 Å². The standard InChI is InChI=1S/C22H26N2O4/c25-19-5-1-16(2-6-19)17-9-12-24(13-10-17)22(26)23-18-3-7-20(8-4-18)28-21-11-14-27-15-21/h1-8,17,21,25H,9-15H2,(H,23,26). The SMILES string of the molecule is O=C(Nc1ccc(OC2CCOC2)cc1)N1CCC(c2ccc(O)cc2)CC1. The van der Waals surface area contributed by atoms with Crippen LogP contribution in [0.1, 0.15) is 30.7 Å². The first-order valence-corrected chi connectivity index (χ1v) is 9.87. The van der Waals surface area contributed by atoms with Gasteiger partial charge in [-0.25, -0.2) is 4.79 Å². The first-order chi connectivity index (χ1) is 13.7. The van der Waals surface area contributed by atoms with Crippen molar-refractivity contribution in [3.05, 3.63) is 54.1 Å². The van der Waals surface area contributed by atoms with E-state index < -0.39 is 0 Å². The van der Waals surface area contributed by atoms with Crippen molar-refractivity contribution < 1.29 is 19.4 Å². The van der Waals surface area contributed by atoms with Crippen LogP contribution in [0.15, 0.2) is 48.5 Å². The van der Waals surface area contributed by atoms with Crippen molar-refractivity contribution in [1.82, 2.24) is 4.90 Å². The second-order valence-corrected chi connectivity index (χ2v) is 7.41. The van der Waals surface area contributed by atoms with Gasteiger partial charge in [-0.3, -0.25) is 0 Å². The molecule has 148 valence electrons. The molecule has 0 radical (unpaired) electrons. The minimum absolute atomic E-state index is 0.0676. The van der Waals surface area contributed by atoms with E-state index in [1.165, 1.54) is 5.56 Å². The minimum Gasteiger partial charge on any atom is -0.508 e. The molecular weight excluding hydrogens is 356 g/mol. The van der Waals surface area contributed by atoms with E-state index in [4.69, 9.17) is 9.47 Å². The van der Waals surface area contributed by atoms with Crippen molar-refractivity contribution in [2.75, 3.05) is 31.6 Å². The Morgan fingerprint density at radius 2 is 1.75 bits per heavy atom. The maximum Gasteiger partial charge on any atom is 0.321 e. The van der Waals surface area contributed by atoms with Gasteiger partial charge in [0.1, 0.15) is 17.6 Å². The molecule has 6 heteroatoms. The van der Waals surface area contributed by atoms with E-state index in [1.54, 1.807) is 12.1 Å². The second kappa shape index (κ2) is 8.52. The Hall–Kier alpha value is -2.73. The lowest BCUT2D eigenvalue weighted by atomic mass is 9.89. The fourth-order valence-electron chi connectivity index (χ4n) is 3.78. The summed E-state index contributed by atoms with van der Waals surface area (Å²) in [5.74, 6) is 1.51. The number of anilines is 1. The molecule has 0 saturated carbocycles. The Labute approximate surface area is 165 Å². The van der Waals surface area contributed by atoms with Crippen LogP contribution in [0.5, 0.6) is 11.5 Å². The van der Waals surface area contributed by atoms with Crippen LogP contribution in [0.2, 0.25) is 0 Å². The van der Waals surface area contributed by atoms with Crippen molar-refractivity contribution in [3.8, 4) is 11.5 Å². The molecule has 2 aliphatic heterocycles. The Morgan fingerprint density at radius 3 is 2.39 bits per heavy atom. The molecule has 0 spiro atoms. The number of piperidine rings is 1. The van der Waals surface area contributed by atoms with Gasteiger partial charge in [-0.15, -0.1) is 0 Å². The van der Waals surface area contributed by atoms with E-state index >= 15 is 0 Å². The monoisotopic (exact) mass is 382 g/mol. The number of urea groups is 1. The van der Waals surface area contributed by atoms with Gasteiger partial charge in [0, 0.05) is 25.2 Å². The van der Waals surface area contributed by atoms with Gasteiger partial charge in [0.25, 0.3) is 0 Å². The number of aromatic hydroxyl groups is 1. The van der Waals surface area contributed by atoms with Gasteiger partial charge >= 0.3 is 6.03 Å². The maximum atomic E-state index is 12.6. The summed E-state index contributed by atoms with van der Waals surface area (Å²) < 4.78 is 11.2. The molecule has 0 aliphatic carbocycles. The van der Waals surface area contributed by atoms with E-state index in [0.717, 1.165) is 50.4 Å². The first-order valence-electron chi connectivity index (χ1n) is 9.87. The average Bonchev–Trinajstić information content (AvgIpc) is 3.23. The Bertz CT molecular complexity index is 777. The number of hydrogen-bond acceptors (Lipinski definition) is 4. The molecule has 2 N–H and O–H groups in total. The van der Waals surface area contributed by atoms with Gasteiger partial charge in [0.2, 0.25) is 0 Å². The smallest absolute Gasteiger partial charge is 0.321 e. The molecule has 2 saturated heterocycles. The fraction of sp³-hybridized carbons (Fsp3) is 0.409. The lowest BCUT2D eigenvalue weighted by Gasteiger charge is -2.32. The van der Waals surface area contributed by atoms with Gasteiger partial charge in [0.05, 0.1) is 13.2 Å². The number of nitrogens with one attached hydrogen (secondary N) is 1. The predicted octanol–water partition coefficient (Wildman–Crippen LogP) is 3.97. The number of amides is 2. The molecule has 2 amide bonds. The molecule has 6 nitrogen and oxygen atoms in total. The number of hydrogen-bond donors (Lipinski definition) is 2. The van der Waals surface area contributed by atoms with Crippen molar-refractivity contribution in [2.24, 2.45) is 0 Å². The summed E-state index contributed by atoms with van der Waals surface area (Å²) in [6.45, 7) is 2.83. The molecular formula is C22H26N2O4. The Morgan fingerprint density at radius 1 is 1.04 bits per heavy atom. The molecule has 0 aromatic heterocycles. The molecule has 2 fully saturated rings. The molecule has 2 aromatic rings. The van der Waals surface area contributed by atoms with Crippen LogP contribution in [-0.4, -0.2) is 48.4 Å². The molecule has 0 bridgehead atoms. The highest BCUT2D eigenvalue weighted by Gasteiger charge is 2.24. The van der Waals surface area contributed by atoms with E-state index in [0.29, 0.717) is 12.5 Å². The molecule has 4 rings (SSSR count). The number of carbonyl (C=O) groups is 1. The zero-order chi connectivity index (χ0) is 19.3. The zero-order valence-electron chi connectivity index (χ0n) is 15.8. The highest BCUT2D eigenvalue weighted by Crippen LogP contribution is 2.29. The van der Waals surface area contributed by atoms with E-state index in [1.807, 2.05) is 41.3 Å². The number of nitrogens with zero attached hydrogens (tertiary/aromatic N) is 1. The fourth-order valence-corrected chi connectivity index (χ4v) is 3.78. The highest BCUT2D eigenvalue weighted by molar-refractivity contribution is 5.89.